The van der Waals surface area contributed by atoms with E-state index in [2.05, 4.69) is 22.5 Å². The molecule has 0 spiro atoms. The standard InChI is InChI=1S/C13H16N2OS/c1-10(14)13-5-4-11(9-15-13)16-7-6-12-3-2-8-17-12/h2-5,8-10H,6-7,14H2,1H3/t10-/m0/s1. The molecule has 2 aromatic rings. The largest absolute Gasteiger partial charge is 0.492 e. The van der Waals surface area contributed by atoms with Crippen molar-refractivity contribution in [3.05, 3.63) is 46.4 Å². The van der Waals surface area contributed by atoms with E-state index in [1.165, 1.54) is 4.88 Å². The average molecular weight is 248 g/mol. The van der Waals surface area contributed by atoms with E-state index in [0.717, 1.165) is 17.9 Å². The van der Waals surface area contributed by atoms with Crippen LogP contribution in [0.2, 0.25) is 0 Å². The number of nitrogens with two attached hydrogens (primary N) is 1. The molecule has 0 amide bonds. The first-order valence-electron chi connectivity index (χ1n) is 5.62. The Morgan fingerprint density at radius 3 is 2.88 bits per heavy atom. The number of ether oxygens (including phenoxy) is 1. The Bertz CT molecular complexity index is 437. The Labute approximate surface area is 105 Å². The fourth-order valence-electron chi connectivity index (χ4n) is 1.47. The summed E-state index contributed by atoms with van der Waals surface area (Å²) in [6, 6.07) is 7.96. The number of aromatic nitrogens is 1. The highest BCUT2D eigenvalue weighted by molar-refractivity contribution is 7.09. The van der Waals surface area contributed by atoms with E-state index >= 15 is 0 Å². The highest BCUT2D eigenvalue weighted by Crippen LogP contribution is 2.14. The zero-order valence-corrected chi connectivity index (χ0v) is 10.6. The smallest absolute Gasteiger partial charge is 0.137 e. The van der Waals surface area contributed by atoms with Gasteiger partial charge in [0.25, 0.3) is 0 Å². The second kappa shape index (κ2) is 5.80. The fourth-order valence-corrected chi connectivity index (χ4v) is 2.16. The molecular weight excluding hydrogens is 232 g/mol. The lowest BCUT2D eigenvalue weighted by molar-refractivity contribution is 0.321. The van der Waals surface area contributed by atoms with Crippen molar-refractivity contribution in [2.24, 2.45) is 5.73 Å². The van der Waals surface area contributed by atoms with Gasteiger partial charge in [0.2, 0.25) is 0 Å². The SMILES string of the molecule is C[C@H](N)c1ccc(OCCc2cccs2)cn1. The van der Waals surface area contributed by atoms with Crippen molar-refractivity contribution in [3.8, 4) is 5.75 Å². The van der Waals surface area contributed by atoms with Gasteiger partial charge >= 0.3 is 0 Å². The molecule has 2 heterocycles. The third-order valence-electron chi connectivity index (χ3n) is 2.42. The van der Waals surface area contributed by atoms with Crippen LogP contribution in [0.5, 0.6) is 5.75 Å². The average Bonchev–Trinajstić information content (AvgIpc) is 2.83. The first-order valence-corrected chi connectivity index (χ1v) is 6.50. The summed E-state index contributed by atoms with van der Waals surface area (Å²) in [5, 5.41) is 2.08. The van der Waals surface area contributed by atoms with Crippen molar-refractivity contribution in [2.45, 2.75) is 19.4 Å². The summed E-state index contributed by atoms with van der Waals surface area (Å²) in [5.74, 6) is 0.797. The molecule has 0 bridgehead atoms. The predicted molar refractivity (Wildman–Crippen MR) is 70.4 cm³/mol. The van der Waals surface area contributed by atoms with Gasteiger partial charge in [0.15, 0.2) is 0 Å². The minimum Gasteiger partial charge on any atom is -0.492 e. The highest BCUT2D eigenvalue weighted by Gasteiger charge is 2.01. The van der Waals surface area contributed by atoms with Crippen molar-refractivity contribution in [1.29, 1.82) is 0 Å². The maximum Gasteiger partial charge on any atom is 0.137 e. The normalized spacial score (nSPS) is 12.4. The van der Waals surface area contributed by atoms with Gasteiger partial charge in [-0.3, -0.25) is 4.98 Å². The molecule has 0 aromatic carbocycles. The number of nitrogens with zero attached hydrogens (tertiary/aromatic N) is 1. The van der Waals surface area contributed by atoms with Crippen LogP contribution in [0.15, 0.2) is 35.8 Å². The predicted octanol–water partition coefficient (Wildman–Crippen LogP) is 2.78. The summed E-state index contributed by atoms with van der Waals surface area (Å²) in [6.07, 6.45) is 2.67. The lowest BCUT2D eigenvalue weighted by atomic mass is 10.2. The molecule has 0 aliphatic carbocycles. The van der Waals surface area contributed by atoms with Crippen molar-refractivity contribution >= 4 is 11.3 Å². The maximum atomic E-state index is 5.73. The molecule has 2 N–H and O–H groups in total. The molecule has 90 valence electrons. The second-order valence-electron chi connectivity index (χ2n) is 3.89. The van der Waals surface area contributed by atoms with E-state index < -0.39 is 0 Å². The molecule has 0 fully saturated rings. The van der Waals surface area contributed by atoms with Crippen LogP contribution in [0.4, 0.5) is 0 Å². The molecule has 2 rings (SSSR count). The molecule has 0 saturated carbocycles. The number of rotatable bonds is 5. The van der Waals surface area contributed by atoms with Crippen LogP contribution >= 0.6 is 11.3 Å². The first-order chi connectivity index (χ1) is 8.25. The second-order valence-corrected chi connectivity index (χ2v) is 4.92. The molecule has 0 unspecified atom stereocenters. The summed E-state index contributed by atoms with van der Waals surface area (Å²) in [4.78, 5) is 5.58. The van der Waals surface area contributed by atoms with Crippen molar-refractivity contribution in [2.75, 3.05) is 6.61 Å². The van der Waals surface area contributed by atoms with Crippen molar-refractivity contribution < 1.29 is 4.74 Å². The number of thiophene rings is 1. The van der Waals surface area contributed by atoms with Crippen LogP contribution in [-0.4, -0.2) is 11.6 Å². The van der Waals surface area contributed by atoms with Gasteiger partial charge in [-0.2, -0.15) is 0 Å². The van der Waals surface area contributed by atoms with Crippen molar-refractivity contribution in [3.63, 3.8) is 0 Å². The zero-order valence-electron chi connectivity index (χ0n) is 9.80. The Morgan fingerprint density at radius 1 is 1.41 bits per heavy atom. The van der Waals surface area contributed by atoms with Gasteiger partial charge in [-0.05, 0) is 30.5 Å². The van der Waals surface area contributed by atoms with Crippen molar-refractivity contribution in [1.82, 2.24) is 4.98 Å². The zero-order chi connectivity index (χ0) is 12.1. The topological polar surface area (TPSA) is 48.1 Å². The van der Waals surface area contributed by atoms with Gasteiger partial charge in [-0.15, -0.1) is 11.3 Å². The molecule has 0 radical (unpaired) electrons. The number of hydrogen-bond acceptors (Lipinski definition) is 4. The van der Waals surface area contributed by atoms with Crippen LogP contribution in [0.1, 0.15) is 23.5 Å². The molecule has 17 heavy (non-hydrogen) atoms. The Hall–Kier alpha value is -1.39. The maximum absolute atomic E-state index is 5.73. The Balaban J connectivity index is 1.83. The third-order valence-corrected chi connectivity index (χ3v) is 3.36. The van der Waals surface area contributed by atoms with E-state index in [4.69, 9.17) is 10.5 Å². The molecular formula is C13H16N2OS. The molecule has 1 atom stereocenters. The summed E-state index contributed by atoms with van der Waals surface area (Å²) in [7, 11) is 0. The number of pyridine rings is 1. The summed E-state index contributed by atoms with van der Waals surface area (Å²) < 4.78 is 5.62. The quantitative estimate of drug-likeness (QED) is 0.885. The van der Waals surface area contributed by atoms with E-state index in [-0.39, 0.29) is 6.04 Å². The lowest BCUT2D eigenvalue weighted by Crippen LogP contribution is -2.07. The molecule has 3 nitrogen and oxygen atoms in total. The van der Waals surface area contributed by atoms with E-state index in [1.807, 2.05) is 19.1 Å². The molecule has 2 aromatic heterocycles. The van der Waals surface area contributed by atoms with Crippen LogP contribution in [0.3, 0.4) is 0 Å². The fraction of sp³-hybridized carbons (Fsp3) is 0.308. The minimum absolute atomic E-state index is 0.0323. The van der Waals surface area contributed by atoms with Gasteiger partial charge in [0.1, 0.15) is 5.75 Å². The van der Waals surface area contributed by atoms with Gasteiger partial charge in [-0.1, -0.05) is 6.07 Å². The van der Waals surface area contributed by atoms with Gasteiger partial charge in [-0.25, -0.2) is 0 Å². The van der Waals surface area contributed by atoms with Crippen LogP contribution in [0, 0.1) is 0 Å². The van der Waals surface area contributed by atoms with E-state index in [9.17, 15) is 0 Å². The monoisotopic (exact) mass is 248 g/mol. The first kappa shape index (κ1) is 12.1. The molecule has 0 aliphatic heterocycles. The Kier molecular flexibility index (Phi) is 4.12. The van der Waals surface area contributed by atoms with E-state index in [0.29, 0.717) is 6.61 Å². The summed E-state index contributed by atoms with van der Waals surface area (Å²) in [6.45, 7) is 2.60. The minimum atomic E-state index is -0.0323. The molecule has 0 aliphatic rings. The van der Waals surface area contributed by atoms with Crippen LogP contribution in [0.25, 0.3) is 0 Å². The van der Waals surface area contributed by atoms with Gasteiger partial charge in [0.05, 0.1) is 18.5 Å². The summed E-state index contributed by atoms with van der Waals surface area (Å²) >= 11 is 1.75. The lowest BCUT2D eigenvalue weighted by Gasteiger charge is -2.07. The number of hydrogen-bond donors (Lipinski definition) is 1. The molecule has 0 saturated heterocycles. The van der Waals surface area contributed by atoms with Crippen LogP contribution in [-0.2, 0) is 6.42 Å². The Morgan fingerprint density at radius 2 is 2.29 bits per heavy atom. The third kappa shape index (κ3) is 3.54. The van der Waals surface area contributed by atoms with E-state index in [1.54, 1.807) is 17.5 Å². The van der Waals surface area contributed by atoms with Gasteiger partial charge < -0.3 is 10.5 Å². The molecule has 4 heteroatoms. The highest BCUT2D eigenvalue weighted by atomic mass is 32.1. The summed E-state index contributed by atoms with van der Waals surface area (Å²) in [5.41, 5.74) is 6.61. The van der Waals surface area contributed by atoms with Gasteiger partial charge in [0, 0.05) is 17.3 Å². The van der Waals surface area contributed by atoms with Crippen LogP contribution < -0.4 is 10.5 Å².